The maximum atomic E-state index is 13.1. The number of carbonyl (C=O) groups excluding carboxylic acids is 1. The van der Waals surface area contributed by atoms with Gasteiger partial charge in [0.15, 0.2) is 0 Å². The summed E-state index contributed by atoms with van der Waals surface area (Å²) in [6.45, 7) is 4.48. The number of hydrogen-bond acceptors (Lipinski definition) is 3. The highest BCUT2D eigenvalue weighted by molar-refractivity contribution is 5.84. The van der Waals surface area contributed by atoms with Gasteiger partial charge in [0, 0.05) is 17.8 Å². The molecule has 4 rings (SSSR count). The molecule has 0 saturated heterocycles. The molecule has 0 amide bonds. The molecule has 2 N–H and O–H groups in total. The van der Waals surface area contributed by atoms with Crippen LogP contribution in [0.3, 0.4) is 0 Å². The van der Waals surface area contributed by atoms with Crippen molar-refractivity contribution in [3.8, 4) is 0 Å². The first-order chi connectivity index (χ1) is 10.4. The third-order valence-corrected chi connectivity index (χ3v) is 8.27. The standard InChI is InChI=1S/C19H30O3/c1-18-8-7-12(20)9-11(18)3-4-13-14-5-6-16(22)19(14,2)10-15(21)17(13)18/h11-14,16-17,20,22H,3-10H2,1-2H3/t11-,12-,13-,14+,16-,17+,18+,19+/m1/s1. The summed E-state index contributed by atoms with van der Waals surface area (Å²) in [4.78, 5) is 13.1. The number of aliphatic hydroxyl groups excluding tert-OH is 2. The molecule has 0 bridgehead atoms. The van der Waals surface area contributed by atoms with E-state index in [2.05, 4.69) is 13.8 Å². The number of carbonyl (C=O) groups is 1. The van der Waals surface area contributed by atoms with Crippen LogP contribution in [0.15, 0.2) is 0 Å². The van der Waals surface area contributed by atoms with Gasteiger partial charge in [-0.2, -0.15) is 0 Å². The summed E-state index contributed by atoms with van der Waals surface area (Å²) >= 11 is 0. The third-order valence-electron chi connectivity index (χ3n) is 8.27. The lowest BCUT2D eigenvalue weighted by Crippen LogP contribution is -2.58. The molecule has 4 fully saturated rings. The molecule has 0 spiro atoms. The van der Waals surface area contributed by atoms with Crippen LogP contribution in [-0.4, -0.2) is 28.2 Å². The van der Waals surface area contributed by atoms with Crippen LogP contribution in [0.4, 0.5) is 0 Å². The zero-order valence-corrected chi connectivity index (χ0v) is 13.9. The number of hydrogen-bond donors (Lipinski definition) is 2. The fraction of sp³-hybridized carbons (Fsp3) is 0.947. The molecule has 0 unspecified atom stereocenters. The Bertz CT molecular complexity index is 489. The largest absolute Gasteiger partial charge is 0.393 e. The number of rotatable bonds is 0. The van der Waals surface area contributed by atoms with E-state index in [9.17, 15) is 15.0 Å². The fourth-order valence-corrected chi connectivity index (χ4v) is 7.03. The van der Waals surface area contributed by atoms with Gasteiger partial charge in [-0.1, -0.05) is 13.8 Å². The number of ketones is 1. The lowest BCUT2D eigenvalue weighted by molar-refractivity contribution is -0.164. The summed E-state index contributed by atoms with van der Waals surface area (Å²) in [6, 6.07) is 0. The van der Waals surface area contributed by atoms with Gasteiger partial charge >= 0.3 is 0 Å². The van der Waals surface area contributed by atoms with Crippen LogP contribution in [0, 0.1) is 34.5 Å². The molecule has 3 heteroatoms. The molecule has 4 aliphatic rings. The van der Waals surface area contributed by atoms with Gasteiger partial charge in [-0.3, -0.25) is 4.79 Å². The monoisotopic (exact) mass is 306 g/mol. The van der Waals surface area contributed by atoms with E-state index in [1.165, 1.54) is 0 Å². The van der Waals surface area contributed by atoms with E-state index in [4.69, 9.17) is 0 Å². The van der Waals surface area contributed by atoms with Gasteiger partial charge in [0.1, 0.15) is 5.78 Å². The molecule has 0 radical (unpaired) electrons. The van der Waals surface area contributed by atoms with Gasteiger partial charge < -0.3 is 10.2 Å². The van der Waals surface area contributed by atoms with Crippen molar-refractivity contribution in [2.45, 2.75) is 77.4 Å². The second-order valence-electron chi connectivity index (χ2n) is 9.20. The Kier molecular flexibility index (Phi) is 3.30. The minimum atomic E-state index is -0.291. The van der Waals surface area contributed by atoms with Crippen LogP contribution in [0.1, 0.15) is 65.2 Å². The molecular weight excluding hydrogens is 276 g/mol. The Morgan fingerprint density at radius 2 is 1.77 bits per heavy atom. The van der Waals surface area contributed by atoms with Crippen molar-refractivity contribution in [3.63, 3.8) is 0 Å². The van der Waals surface area contributed by atoms with Gasteiger partial charge in [-0.05, 0) is 68.1 Å². The Hall–Kier alpha value is -0.410. The summed E-state index contributed by atoms with van der Waals surface area (Å²) in [6.07, 6.45) is 7.11. The van der Waals surface area contributed by atoms with Gasteiger partial charge in [0.05, 0.1) is 12.2 Å². The highest BCUT2D eigenvalue weighted by Crippen LogP contribution is 2.65. The SMILES string of the molecule is C[C@]12CC[C@@H](O)C[C@H]1CC[C@H]1[C@H]2C(=O)C[C@]2(C)[C@H](O)CC[C@@H]12. The van der Waals surface area contributed by atoms with E-state index in [0.717, 1.165) is 44.9 Å². The molecular formula is C19H30O3. The predicted molar refractivity (Wildman–Crippen MR) is 84.1 cm³/mol. The summed E-state index contributed by atoms with van der Waals surface area (Å²) < 4.78 is 0. The van der Waals surface area contributed by atoms with Crippen molar-refractivity contribution in [2.24, 2.45) is 34.5 Å². The van der Waals surface area contributed by atoms with Crippen LogP contribution >= 0.6 is 0 Å². The molecule has 22 heavy (non-hydrogen) atoms. The van der Waals surface area contributed by atoms with Crippen LogP contribution < -0.4 is 0 Å². The van der Waals surface area contributed by atoms with E-state index in [1.54, 1.807) is 0 Å². The molecule has 0 aromatic heterocycles. The lowest BCUT2D eigenvalue weighted by atomic mass is 9.45. The smallest absolute Gasteiger partial charge is 0.137 e. The van der Waals surface area contributed by atoms with E-state index in [0.29, 0.717) is 30.0 Å². The van der Waals surface area contributed by atoms with E-state index < -0.39 is 0 Å². The highest BCUT2D eigenvalue weighted by Gasteiger charge is 2.63. The summed E-state index contributed by atoms with van der Waals surface area (Å²) in [5.74, 6) is 2.10. The molecule has 4 saturated carbocycles. The predicted octanol–water partition coefficient (Wildman–Crippen LogP) is 2.93. The van der Waals surface area contributed by atoms with Crippen LogP contribution in [0.2, 0.25) is 0 Å². The van der Waals surface area contributed by atoms with Crippen LogP contribution in [0.25, 0.3) is 0 Å². The molecule has 4 aliphatic carbocycles. The van der Waals surface area contributed by atoms with Crippen molar-refractivity contribution in [1.82, 2.24) is 0 Å². The normalized spacial score (nSPS) is 57.9. The minimum absolute atomic E-state index is 0.0914. The van der Waals surface area contributed by atoms with Crippen LogP contribution in [-0.2, 0) is 4.79 Å². The number of fused-ring (bicyclic) bond motifs is 5. The van der Waals surface area contributed by atoms with Crippen molar-refractivity contribution < 1.29 is 15.0 Å². The van der Waals surface area contributed by atoms with Crippen molar-refractivity contribution in [3.05, 3.63) is 0 Å². The highest BCUT2D eigenvalue weighted by atomic mass is 16.3. The van der Waals surface area contributed by atoms with Gasteiger partial charge in [0.2, 0.25) is 0 Å². The van der Waals surface area contributed by atoms with Crippen molar-refractivity contribution in [2.75, 3.05) is 0 Å². The van der Waals surface area contributed by atoms with Gasteiger partial charge in [0.25, 0.3) is 0 Å². The lowest BCUT2D eigenvalue weighted by Gasteiger charge is -2.59. The average molecular weight is 306 g/mol. The average Bonchev–Trinajstić information content (AvgIpc) is 2.75. The third kappa shape index (κ3) is 1.84. The number of aliphatic hydroxyl groups is 2. The molecule has 0 aromatic rings. The Morgan fingerprint density at radius 3 is 2.55 bits per heavy atom. The summed E-state index contributed by atoms with van der Waals surface area (Å²) in [7, 11) is 0. The minimum Gasteiger partial charge on any atom is -0.393 e. The molecule has 124 valence electrons. The first-order valence-corrected chi connectivity index (χ1v) is 9.25. The second-order valence-corrected chi connectivity index (χ2v) is 9.20. The first kappa shape index (κ1) is 15.1. The zero-order valence-electron chi connectivity index (χ0n) is 13.9. The second kappa shape index (κ2) is 4.80. The van der Waals surface area contributed by atoms with Crippen LogP contribution in [0.5, 0.6) is 0 Å². The molecule has 8 atom stereocenters. The zero-order chi connectivity index (χ0) is 15.7. The van der Waals surface area contributed by atoms with E-state index >= 15 is 0 Å². The molecule has 0 heterocycles. The summed E-state index contributed by atoms with van der Waals surface area (Å²) in [5, 5.41) is 20.5. The molecule has 3 nitrogen and oxygen atoms in total. The molecule has 0 aromatic carbocycles. The van der Waals surface area contributed by atoms with E-state index in [1.807, 2.05) is 0 Å². The first-order valence-electron chi connectivity index (χ1n) is 9.25. The topological polar surface area (TPSA) is 57.5 Å². The van der Waals surface area contributed by atoms with Crippen molar-refractivity contribution >= 4 is 5.78 Å². The Morgan fingerprint density at radius 1 is 1.00 bits per heavy atom. The van der Waals surface area contributed by atoms with E-state index in [-0.39, 0.29) is 29.0 Å². The molecule has 0 aliphatic heterocycles. The maximum absolute atomic E-state index is 13.1. The quantitative estimate of drug-likeness (QED) is 0.723. The van der Waals surface area contributed by atoms with Gasteiger partial charge in [-0.25, -0.2) is 0 Å². The van der Waals surface area contributed by atoms with Gasteiger partial charge in [-0.15, -0.1) is 0 Å². The van der Waals surface area contributed by atoms with Crippen molar-refractivity contribution in [1.29, 1.82) is 0 Å². The fourth-order valence-electron chi connectivity index (χ4n) is 7.03. The number of Topliss-reactive ketones (excluding diaryl/α,β-unsaturated/α-hetero) is 1. The maximum Gasteiger partial charge on any atom is 0.137 e. The Labute approximate surface area is 133 Å². The summed E-state index contributed by atoms with van der Waals surface area (Å²) in [5.41, 5.74) is -0.0796. The Balaban J connectivity index is 1.69.